The Labute approximate surface area is 212 Å². The number of hydrogen-bond donors (Lipinski definition) is 4. The molecular formula is C28H36N4O4. The largest absolute Gasteiger partial charge is 0.350 e. The lowest BCUT2D eigenvalue weighted by Gasteiger charge is -2.27. The van der Waals surface area contributed by atoms with E-state index in [1.807, 2.05) is 27.7 Å². The summed E-state index contributed by atoms with van der Waals surface area (Å²) in [7, 11) is 0. The van der Waals surface area contributed by atoms with Crippen LogP contribution in [0.5, 0.6) is 0 Å². The molecule has 192 valence electrons. The smallest absolute Gasteiger partial charge is 0.251 e. The van der Waals surface area contributed by atoms with Gasteiger partial charge in [0.05, 0.1) is 0 Å². The van der Waals surface area contributed by atoms with E-state index in [2.05, 4.69) is 21.3 Å². The predicted molar refractivity (Wildman–Crippen MR) is 141 cm³/mol. The Bertz CT molecular complexity index is 1020. The third kappa shape index (κ3) is 7.66. The zero-order chi connectivity index (χ0) is 26.2. The molecule has 2 aromatic carbocycles. The average Bonchev–Trinajstić information content (AvgIpc) is 2.83. The summed E-state index contributed by atoms with van der Waals surface area (Å²) in [5, 5.41) is 11.5. The van der Waals surface area contributed by atoms with Crippen molar-refractivity contribution in [3.05, 3.63) is 59.7 Å². The Kier molecular flexibility index (Phi) is 9.22. The number of nitrogens with one attached hydrogen (secondary N) is 4. The second-order valence-electron chi connectivity index (χ2n) is 9.94. The van der Waals surface area contributed by atoms with Gasteiger partial charge in [0.25, 0.3) is 11.8 Å². The maximum absolute atomic E-state index is 12.8. The van der Waals surface area contributed by atoms with Crippen LogP contribution in [-0.2, 0) is 9.59 Å². The van der Waals surface area contributed by atoms with Gasteiger partial charge in [-0.05, 0) is 89.8 Å². The molecule has 36 heavy (non-hydrogen) atoms. The van der Waals surface area contributed by atoms with Crippen molar-refractivity contribution in [2.24, 2.45) is 11.8 Å². The third-order valence-electron chi connectivity index (χ3n) is 6.09. The Morgan fingerprint density at radius 3 is 1.33 bits per heavy atom. The summed E-state index contributed by atoms with van der Waals surface area (Å²) in [5.74, 6) is -0.939. The highest BCUT2D eigenvalue weighted by Gasteiger charge is 2.30. The molecule has 2 aromatic rings. The van der Waals surface area contributed by atoms with Gasteiger partial charge in [0.2, 0.25) is 11.8 Å². The van der Waals surface area contributed by atoms with Gasteiger partial charge in [0.1, 0.15) is 0 Å². The van der Waals surface area contributed by atoms with Crippen LogP contribution in [0.3, 0.4) is 0 Å². The second kappa shape index (κ2) is 12.3. The molecule has 0 saturated heterocycles. The summed E-state index contributed by atoms with van der Waals surface area (Å²) in [4.78, 5) is 50.1. The van der Waals surface area contributed by atoms with Crippen molar-refractivity contribution in [1.29, 1.82) is 0 Å². The minimum Gasteiger partial charge on any atom is -0.350 e. The van der Waals surface area contributed by atoms with Crippen molar-refractivity contribution < 1.29 is 19.2 Å². The lowest BCUT2D eigenvalue weighted by atomic mass is 9.81. The third-order valence-corrected chi connectivity index (χ3v) is 6.09. The number of amides is 4. The molecule has 0 bridgehead atoms. The van der Waals surface area contributed by atoms with Gasteiger partial charge in [-0.1, -0.05) is 12.1 Å². The van der Waals surface area contributed by atoms with Crippen LogP contribution in [-0.4, -0.2) is 35.7 Å². The van der Waals surface area contributed by atoms with E-state index in [-0.39, 0.29) is 47.5 Å². The van der Waals surface area contributed by atoms with Crippen LogP contribution in [0.2, 0.25) is 0 Å². The zero-order valence-corrected chi connectivity index (χ0v) is 21.4. The highest BCUT2D eigenvalue weighted by atomic mass is 16.2. The van der Waals surface area contributed by atoms with Gasteiger partial charge in [0, 0.05) is 46.4 Å². The fourth-order valence-corrected chi connectivity index (χ4v) is 4.27. The number of hydrogen-bond acceptors (Lipinski definition) is 4. The minimum absolute atomic E-state index is 0.0245. The van der Waals surface area contributed by atoms with Crippen molar-refractivity contribution >= 4 is 35.0 Å². The van der Waals surface area contributed by atoms with Crippen LogP contribution in [0.1, 0.15) is 74.1 Å². The fraction of sp³-hybridized carbons (Fsp3) is 0.429. The molecule has 1 saturated carbocycles. The van der Waals surface area contributed by atoms with E-state index in [1.165, 1.54) is 0 Å². The Hall–Kier alpha value is -3.68. The van der Waals surface area contributed by atoms with E-state index >= 15 is 0 Å². The van der Waals surface area contributed by atoms with Gasteiger partial charge in [-0.2, -0.15) is 0 Å². The molecule has 0 aliphatic heterocycles. The molecule has 0 spiro atoms. The van der Waals surface area contributed by atoms with Crippen LogP contribution >= 0.6 is 0 Å². The van der Waals surface area contributed by atoms with Gasteiger partial charge in [-0.15, -0.1) is 0 Å². The van der Waals surface area contributed by atoms with Gasteiger partial charge >= 0.3 is 0 Å². The second-order valence-corrected chi connectivity index (χ2v) is 9.94. The van der Waals surface area contributed by atoms with Gasteiger partial charge < -0.3 is 21.3 Å². The molecule has 0 aromatic heterocycles. The predicted octanol–water partition coefficient (Wildman–Crippen LogP) is 4.35. The fourth-order valence-electron chi connectivity index (χ4n) is 4.27. The number of carbonyl (C=O) groups is 4. The lowest BCUT2D eigenvalue weighted by molar-refractivity contribution is -0.125. The maximum Gasteiger partial charge on any atom is 0.251 e. The molecule has 1 fully saturated rings. The Morgan fingerprint density at radius 1 is 0.639 bits per heavy atom. The zero-order valence-electron chi connectivity index (χ0n) is 21.4. The molecule has 0 unspecified atom stereocenters. The first-order valence-corrected chi connectivity index (χ1v) is 12.6. The summed E-state index contributed by atoms with van der Waals surface area (Å²) in [6.07, 6.45) is 2.42. The molecule has 8 heteroatoms. The van der Waals surface area contributed by atoms with E-state index in [1.54, 1.807) is 48.5 Å². The molecular weight excluding hydrogens is 456 g/mol. The van der Waals surface area contributed by atoms with E-state index in [9.17, 15) is 19.2 Å². The first-order valence-electron chi connectivity index (χ1n) is 12.6. The highest BCUT2D eigenvalue weighted by molar-refractivity contribution is 5.99. The maximum atomic E-state index is 12.8. The van der Waals surface area contributed by atoms with Crippen LogP contribution in [0.15, 0.2) is 48.5 Å². The molecule has 4 amide bonds. The van der Waals surface area contributed by atoms with E-state index in [4.69, 9.17) is 0 Å². The number of anilines is 2. The average molecular weight is 493 g/mol. The van der Waals surface area contributed by atoms with Crippen LogP contribution in [0, 0.1) is 11.8 Å². The minimum atomic E-state index is -0.190. The van der Waals surface area contributed by atoms with Crippen LogP contribution < -0.4 is 21.3 Å². The summed E-state index contributed by atoms with van der Waals surface area (Å²) in [5.41, 5.74) is 2.15. The van der Waals surface area contributed by atoms with Gasteiger partial charge in [0.15, 0.2) is 0 Å². The summed E-state index contributed by atoms with van der Waals surface area (Å²) < 4.78 is 0. The quantitative estimate of drug-likeness (QED) is 0.438. The molecule has 0 atom stereocenters. The number of benzene rings is 2. The SMILES string of the molecule is CC(C)NC(=O)c1cccc(NC(=O)C2CCC(C(=O)Nc3cccc(C(=O)NC(C)C)c3)CC2)c1. The van der Waals surface area contributed by atoms with Gasteiger partial charge in [-0.3, -0.25) is 19.2 Å². The number of carbonyl (C=O) groups excluding carboxylic acids is 4. The van der Waals surface area contributed by atoms with E-state index in [0.29, 0.717) is 48.2 Å². The normalized spacial score (nSPS) is 17.4. The Balaban J connectivity index is 1.51. The Morgan fingerprint density at radius 2 is 1.00 bits per heavy atom. The molecule has 0 heterocycles. The molecule has 0 radical (unpaired) electrons. The monoisotopic (exact) mass is 492 g/mol. The number of rotatable bonds is 8. The first-order chi connectivity index (χ1) is 17.1. The molecule has 1 aliphatic rings. The standard InChI is InChI=1S/C28H36N4O4/c1-17(2)29-27(35)21-7-5-9-23(15-21)31-25(33)19-11-13-20(14-12-19)26(34)32-24-10-6-8-22(16-24)28(36)30-18(3)4/h5-10,15-20H,11-14H2,1-4H3,(H,29,35)(H,30,36)(H,31,33)(H,32,34). The highest BCUT2D eigenvalue weighted by Crippen LogP contribution is 2.31. The first kappa shape index (κ1) is 26.9. The molecule has 8 nitrogen and oxygen atoms in total. The topological polar surface area (TPSA) is 116 Å². The van der Waals surface area contributed by atoms with Crippen LogP contribution in [0.4, 0.5) is 11.4 Å². The van der Waals surface area contributed by atoms with Crippen molar-refractivity contribution in [3.8, 4) is 0 Å². The summed E-state index contributed by atoms with van der Waals surface area (Å²) in [6.45, 7) is 7.57. The lowest BCUT2D eigenvalue weighted by Crippen LogP contribution is -2.32. The molecule has 1 aliphatic carbocycles. The van der Waals surface area contributed by atoms with Crippen LogP contribution in [0.25, 0.3) is 0 Å². The van der Waals surface area contributed by atoms with Crippen molar-refractivity contribution in [2.45, 2.75) is 65.5 Å². The van der Waals surface area contributed by atoms with Gasteiger partial charge in [-0.25, -0.2) is 0 Å². The molecule has 3 rings (SSSR count). The van der Waals surface area contributed by atoms with Crippen molar-refractivity contribution in [2.75, 3.05) is 10.6 Å². The summed E-state index contributed by atoms with van der Waals surface area (Å²) >= 11 is 0. The van der Waals surface area contributed by atoms with E-state index in [0.717, 1.165) is 0 Å². The summed E-state index contributed by atoms with van der Waals surface area (Å²) in [6, 6.07) is 13.8. The van der Waals surface area contributed by atoms with Crippen molar-refractivity contribution in [3.63, 3.8) is 0 Å². The van der Waals surface area contributed by atoms with E-state index < -0.39 is 0 Å². The van der Waals surface area contributed by atoms with Crippen molar-refractivity contribution in [1.82, 2.24) is 10.6 Å². The molecule has 4 N–H and O–H groups in total.